The number of halogens is 3. The second kappa shape index (κ2) is 6.57. The number of carbonyl (C=O) groups excluding carboxylic acids is 1. The zero-order valence-corrected chi connectivity index (χ0v) is 15.3. The second-order valence-corrected chi connectivity index (χ2v) is 6.51. The number of nitrogen functional groups attached to an aromatic ring is 1. The molecule has 0 atom stereocenters. The zero-order valence-electron chi connectivity index (χ0n) is 13.0. The Hall–Kier alpha value is -2.26. The molecule has 130 valence electrons. The van der Waals surface area contributed by atoms with Gasteiger partial charge < -0.3 is 5.73 Å². The quantitative estimate of drug-likeness (QED) is 0.647. The van der Waals surface area contributed by atoms with E-state index >= 15 is 0 Å². The lowest BCUT2D eigenvalue weighted by atomic mass is 10.2. The molecule has 3 aromatic rings. The van der Waals surface area contributed by atoms with Gasteiger partial charge in [-0.2, -0.15) is 9.97 Å². The number of aromatic nitrogens is 4. The van der Waals surface area contributed by atoms with Gasteiger partial charge in [0.2, 0.25) is 11.9 Å². The first-order chi connectivity index (χ1) is 11.8. The summed E-state index contributed by atoms with van der Waals surface area (Å²) in [6.45, 7) is 1.48. The van der Waals surface area contributed by atoms with Gasteiger partial charge in [-0.15, -0.1) is 0 Å². The van der Waals surface area contributed by atoms with Crippen LogP contribution in [0.15, 0.2) is 27.5 Å². The molecule has 2 heterocycles. The summed E-state index contributed by atoms with van der Waals surface area (Å²) in [6, 6.07) is 4.46. The molecule has 7 nitrogen and oxygen atoms in total. The molecular formula is C15H12BrClFN5O2. The molecule has 2 N–H and O–H groups in total. The Morgan fingerprint density at radius 3 is 2.76 bits per heavy atom. The molecule has 10 heteroatoms. The van der Waals surface area contributed by atoms with Crippen LogP contribution >= 0.6 is 27.5 Å². The maximum Gasteiger partial charge on any atom is 0.337 e. The van der Waals surface area contributed by atoms with Crippen molar-refractivity contribution >= 4 is 50.6 Å². The van der Waals surface area contributed by atoms with Gasteiger partial charge in [0.05, 0.1) is 6.54 Å². The number of imidazole rings is 1. The summed E-state index contributed by atoms with van der Waals surface area (Å²) in [4.78, 5) is 32.7. The average Bonchev–Trinajstić information content (AvgIpc) is 2.82. The Bertz CT molecular complexity index is 1060. The van der Waals surface area contributed by atoms with Crippen LogP contribution in [0.3, 0.4) is 0 Å². The van der Waals surface area contributed by atoms with Crippen LogP contribution in [0, 0.1) is 5.82 Å². The van der Waals surface area contributed by atoms with Crippen LogP contribution in [0.25, 0.3) is 11.2 Å². The van der Waals surface area contributed by atoms with Gasteiger partial charge in [-0.3, -0.25) is 9.36 Å². The topological polar surface area (TPSA) is 95.8 Å². The molecule has 0 saturated heterocycles. The van der Waals surface area contributed by atoms with Crippen molar-refractivity contribution in [1.29, 1.82) is 0 Å². The van der Waals surface area contributed by atoms with Gasteiger partial charge in [0, 0.05) is 16.5 Å². The summed E-state index contributed by atoms with van der Waals surface area (Å²) in [5.41, 5.74) is 5.32. The molecule has 0 aliphatic carbocycles. The van der Waals surface area contributed by atoms with Crippen LogP contribution in [0.2, 0.25) is 5.15 Å². The van der Waals surface area contributed by atoms with E-state index in [2.05, 4.69) is 25.9 Å². The van der Waals surface area contributed by atoms with Crippen LogP contribution in [-0.2, 0) is 6.54 Å². The van der Waals surface area contributed by atoms with Gasteiger partial charge in [-0.05, 0) is 12.1 Å². The Morgan fingerprint density at radius 2 is 2.12 bits per heavy atom. The fraction of sp³-hybridized carbons (Fsp3) is 0.200. The Balaban J connectivity index is 2.29. The summed E-state index contributed by atoms with van der Waals surface area (Å²) >= 11 is 9.25. The molecule has 25 heavy (non-hydrogen) atoms. The third kappa shape index (κ3) is 3.05. The van der Waals surface area contributed by atoms with E-state index in [0.717, 1.165) is 9.13 Å². The van der Waals surface area contributed by atoms with Crippen molar-refractivity contribution in [2.75, 3.05) is 5.73 Å². The van der Waals surface area contributed by atoms with Crippen molar-refractivity contribution < 1.29 is 9.18 Å². The van der Waals surface area contributed by atoms with Gasteiger partial charge in [0.25, 0.3) is 0 Å². The van der Waals surface area contributed by atoms with E-state index in [1.54, 1.807) is 13.0 Å². The highest BCUT2D eigenvalue weighted by Gasteiger charge is 2.23. The third-order valence-electron chi connectivity index (χ3n) is 3.64. The van der Waals surface area contributed by atoms with E-state index in [4.69, 9.17) is 17.3 Å². The first-order valence-corrected chi connectivity index (χ1v) is 8.42. The smallest absolute Gasteiger partial charge is 0.337 e. The van der Waals surface area contributed by atoms with E-state index in [-0.39, 0.29) is 40.8 Å². The number of fused-ring (bicyclic) bond motifs is 1. The molecule has 0 aliphatic heterocycles. The predicted octanol–water partition coefficient (Wildman–Crippen LogP) is 2.83. The van der Waals surface area contributed by atoms with Crippen LogP contribution < -0.4 is 11.4 Å². The fourth-order valence-electron chi connectivity index (χ4n) is 2.47. The summed E-state index contributed by atoms with van der Waals surface area (Å²) in [5.74, 6) is -1.12. The number of hydrogen-bond donors (Lipinski definition) is 1. The van der Waals surface area contributed by atoms with Crippen molar-refractivity contribution in [1.82, 2.24) is 19.1 Å². The Labute approximate surface area is 154 Å². The summed E-state index contributed by atoms with van der Waals surface area (Å²) < 4.78 is 16.8. The Morgan fingerprint density at radius 1 is 1.40 bits per heavy atom. The maximum atomic E-state index is 14.2. The number of nitrogens with two attached hydrogens (primary N) is 1. The molecule has 0 aliphatic rings. The molecule has 0 radical (unpaired) electrons. The first-order valence-electron chi connectivity index (χ1n) is 7.24. The summed E-state index contributed by atoms with van der Waals surface area (Å²) in [5, 5.41) is -0.114. The molecule has 1 aromatic carbocycles. The van der Waals surface area contributed by atoms with Gasteiger partial charge in [-0.25, -0.2) is 13.8 Å². The molecule has 2 aromatic heterocycles. The minimum atomic E-state index is -0.675. The Kier molecular flexibility index (Phi) is 4.61. The van der Waals surface area contributed by atoms with Crippen molar-refractivity contribution in [3.63, 3.8) is 0 Å². The molecule has 0 saturated carbocycles. The number of benzene rings is 1. The zero-order chi connectivity index (χ0) is 18.3. The lowest BCUT2D eigenvalue weighted by molar-refractivity contribution is 0.0909. The van der Waals surface area contributed by atoms with E-state index in [1.807, 2.05) is 0 Å². The highest BCUT2D eigenvalue weighted by molar-refractivity contribution is 9.10. The highest BCUT2D eigenvalue weighted by atomic mass is 79.9. The fourth-order valence-corrected chi connectivity index (χ4v) is 3.06. The van der Waals surface area contributed by atoms with Crippen molar-refractivity contribution in [2.45, 2.75) is 19.9 Å². The molecular weight excluding hydrogens is 417 g/mol. The van der Waals surface area contributed by atoms with Gasteiger partial charge in [0.1, 0.15) is 11.3 Å². The van der Waals surface area contributed by atoms with Crippen LogP contribution in [0.5, 0.6) is 0 Å². The van der Waals surface area contributed by atoms with Gasteiger partial charge >= 0.3 is 5.69 Å². The molecule has 3 rings (SSSR count). The van der Waals surface area contributed by atoms with Gasteiger partial charge in [0.15, 0.2) is 10.8 Å². The van der Waals surface area contributed by atoms with E-state index in [1.165, 1.54) is 12.1 Å². The highest BCUT2D eigenvalue weighted by Crippen LogP contribution is 2.23. The molecule has 0 bridgehead atoms. The number of carbonyl (C=O) groups is 1. The predicted molar refractivity (Wildman–Crippen MR) is 95.3 cm³/mol. The molecule has 0 spiro atoms. The first kappa shape index (κ1) is 17.6. The number of hydrogen-bond acceptors (Lipinski definition) is 5. The third-order valence-corrected chi connectivity index (χ3v) is 4.39. The minimum Gasteiger partial charge on any atom is -0.368 e. The largest absolute Gasteiger partial charge is 0.368 e. The number of nitrogens with zero attached hydrogens (tertiary/aromatic N) is 4. The lowest BCUT2D eigenvalue weighted by Gasteiger charge is -2.05. The van der Waals surface area contributed by atoms with E-state index in [0.29, 0.717) is 4.47 Å². The normalized spacial score (nSPS) is 11.2. The molecule has 0 unspecified atom stereocenters. The van der Waals surface area contributed by atoms with Crippen molar-refractivity contribution in [3.05, 3.63) is 49.7 Å². The molecule has 0 fully saturated rings. The second-order valence-electron chi connectivity index (χ2n) is 5.23. The minimum absolute atomic E-state index is 0.0604. The maximum absolute atomic E-state index is 14.2. The number of anilines is 1. The monoisotopic (exact) mass is 427 g/mol. The van der Waals surface area contributed by atoms with Crippen LogP contribution in [0.4, 0.5) is 10.3 Å². The van der Waals surface area contributed by atoms with Crippen LogP contribution in [-0.4, -0.2) is 25.0 Å². The van der Waals surface area contributed by atoms with E-state index in [9.17, 15) is 14.0 Å². The van der Waals surface area contributed by atoms with Gasteiger partial charge in [-0.1, -0.05) is 40.5 Å². The van der Waals surface area contributed by atoms with Crippen LogP contribution in [0.1, 0.15) is 23.7 Å². The van der Waals surface area contributed by atoms with E-state index < -0.39 is 17.4 Å². The lowest BCUT2D eigenvalue weighted by Crippen LogP contribution is -2.29. The molecule has 0 amide bonds. The summed E-state index contributed by atoms with van der Waals surface area (Å²) in [6.07, 6.45) is 0.0758. The SMILES string of the molecule is CCC(=O)n1c(=O)n(Cc2ccc(Br)cc2F)c2nc(N)nc(Cl)c21. The average molecular weight is 429 g/mol. The van der Waals surface area contributed by atoms with Crippen molar-refractivity contribution in [2.24, 2.45) is 0 Å². The number of rotatable bonds is 3. The standard InChI is InChI=1S/C15H12BrClFN5O2/c1-2-10(24)23-11-12(17)20-14(19)21-13(11)22(15(23)25)6-7-3-4-8(16)5-9(7)18/h3-5H,2,6H2,1H3,(H2,19,20,21). The summed E-state index contributed by atoms with van der Waals surface area (Å²) in [7, 11) is 0. The van der Waals surface area contributed by atoms with Crippen molar-refractivity contribution in [3.8, 4) is 0 Å².